The minimum Gasteiger partial charge on any atom is -0.323 e. The minimum absolute atomic E-state index is 0.0652. The molecule has 19 heavy (non-hydrogen) atoms. The van der Waals surface area contributed by atoms with Gasteiger partial charge in [0.25, 0.3) is 0 Å². The van der Waals surface area contributed by atoms with Crippen LogP contribution in [-0.4, -0.2) is 23.0 Å². The summed E-state index contributed by atoms with van der Waals surface area (Å²) in [7, 11) is 0. The van der Waals surface area contributed by atoms with E-state index in [9.17, 15) is 4.79 Å². The van der Waals surface area contributed by atoms with E-state index in [0.29, 0.717) is 0 Å². The Labute approximate surface area is 122 Å². The minimum atomic E-state index is -0.393. The zero-order chi connectivity index (χ0) is 13.9. The molecule has 1 atom stereocenters. The largest absolute Gasteiger partial charge is 0.323 e. The number of anilines is 1. The van der Waals surface area contributed by atoms with Gasteiger partial charge in [-0.25, -0.2) is 4.98 Å². The zero-order valence-electron chi connectivity index (χ0n) is 11.4. The predicted molar refractivity (Wildman–Crippen MR) is 80.2 cm³/mol. The van der Waals surface area contributed by atoms with Crippen molar-refractivity contribution in [3.05, 3.63) is 22.4 Å². The molecule has 2 rings (SSSR count). The molecule has 1 aliphatic rings. The maximum atomic E-state index is 12.5. The molecule has 1 fully saturated rings. The first-order chi connectivity index (χ1) is 9.07. The van der Waals surface area contributed by atoms with E-state index in [0.717, 1.165) is 48.1 Å². The molecule has 0 radical (unpaired) electrons. The average molecular weight is 326 g/mol. The van der Waals surface area contributed by atoms with Crippen LogP contribution in [0.4, 0.5) is 5.69 Å². The summed E-state index contributed by atoms with van der Waals surface area (Å²) in [6.45, 7) is 4.99. The Morgan fingerprint density at radius 2 is 2.42 bits per heavy atom. The lowest BCUT2D eigenvalue weighted by molar-refractivity contribution is -0.122. The van der Waals surface area contributed by atoms with E-state index in [4.69, 9.17) is 0 Å². The molecule has 1 aromatic heterocycles. The molecule has 0 spiro atoms. The lowest BCUT2D eigenvalue weighted by atomic mass is 9.91. The van der Waals surface area contributed by atoms with Crippen LogP contribution in [0.3, 0.4) is 0 Å². The number of carbonyl (C=O) groups is 1. The fraction of sp³-hybridized carbons (Fsp3) is 0.571. The zero-order valence-corrected chi connectivity index (χ0v) is 13.0. The quantitative estimate of drug-likeness (QED) is 0.837. The summed E-state index contributed by atoms with van der Waals surface area (Å²) >= 11 is 3.36. The van der Waals surface area contributed by atoms with Crippen molar-refractivity contribution in [1.29, 1.82) is 0 Å². The van der Waals surface area contributed by atoms with Gasteiger partial charge in [0.2, 0.25) is 5.91 Å². The number of carbonyl (C=O) groups excluding carboxylic acids is 1. The van der Waals surface area contributed by atoms with E-state index in [2.05, 4.69) is 38.5 Å². The Bertz CT molecular complexity index is 470. The third-order valence-electron chi connectivity index (χ3n) is 3.63. The maximum absolute atomic E-state index is 12.5. The van der Waals surface area contributed by atoms with Gasteiger partial charge in [-0.1, -0.05) is 13.3 Å². The monoisotopic (exact) mass is 325 g/mol. The van der Waals surface area contributed by atoms with Crippen LogP contribution >= 0.6 is 15.9 Å². The highest BCUT2D eigenvalue weighted by Gasteiger charge is 2.39. The van der Waals surface area contributed by atoms with Gasteiger partial charge in [-0.15, -0.1) is 0 Å². The van der Waals surface area contributed by atoms with Crippen molar-refractivity contribution in [2.24, 2.45) is 0 Å². The van der Waals surface area contributed by atoms with Crippen LogP contribution in [0.25, 0.3) is 0 Å². The SMILES string of the molecule is CCCC1(C(=O)Nc2cnc(Br)c(C)c2)CCCN1. The van der Waals surface area contributed by atoms with Crippen molar-refractivity contribution >= 4 is 27.5 Å². The normalized spacial score (nSPS) is 22.5. The van der Waals surface area contributed by atoms with Gasteiger partial charge in [0.1, 0.15) is 4.60 Å². The topological polar surface area (TPSA) is 54.0 Å². The number of pyridine rings is 1. The number of amides is 1. The van der Waals surface area contributed by atoms with Crippen LogP contribution in [0.2, 0.25) is 0 Å². The molecule has 4 nitrogen and oxygen atoms in total. The molecule has 1 amide bonds. The molecule has 1 aromatic rings. The van der Waals surface area contributed by atoms with Gasteiger partial charge in [0.15, 0.2) is 0 Å². The molecule has 1 unspecified atom stereocenters. The van der Waals surface area contributed by atoms with Crippen LogP contribution in [0.1, 0.15) is 38.2 Å². The number of hydrogen-bond acceptors (Lipinski definition) is 3. The molecular formula is C14H20BrN3O. The van der Waals surface area contributed by atoms with E-state index >= 15 is 0 Å². The highest BCUT2D eigenvalue weighted by atomic mass is 79.9. The smallest absolute Gasteiger partial charge is 0.244 e. The summed E-state index contributed by atoms with van der Waals surface area (Å²) in [6, 6.07) is 1.93. The number of nitrogens with zero attached hydrogens (tertiary/aromatic N) is 1. The first-order valence-electron chi connectivity index (χ1n) is 6.76. The fourth-order valence-electron chi connectivity index (χ4n) is 2.63. The summed E-state index contributed by atoms with van der Waals surface area (Å²) in [5, 5.41) is 6.37. The van der Waals surface area contributed by atoms with Gasteiger partial charge in [0.05, 0.1) is 17.4 Å². The highest BCUT2D eigenvalue weighted by Crippen LogP contribution is 2.27. The van der Waals surface area contributed by atoms with Crippen LogP contribution in [0.5, 0.6) is 0 Å². The lowest BCUT2D eigenvalue weighted by Gasteiger charge is -2.27. The van der Waals surface area contributed by atoms with Crippen molar-refractivity contribution in [3.63, 3.8) is 0 Å². The summed E-state index contributed by atoms with van der Waals surface area (Å²) in [5.41, 5.74) is 1.38. The van der Waals surface area contributed by atoms with Crippen LogP contribution < -0.4 is 10.6 Å². The molecular weight excluding hydrogens is 306 g/mol. The molecule has 5 heteroatoms. The van der Waals surface area contributed by atoms with Crippen LogP contribution in [-0.2, 0) is 4.79 Å². The standard InChI is InChI=1S/C14H20BrN3O/c1-3-5-14(6-4-7-17-14)13(19)18-11-8-10(2)12(15)16-9-11/h8-9,17H,3-7H2,1-2H3,(H,18,19). The molecule has 0 aromatic carbocycles. The van der Waals surface area contributed by atoms with Gasteiger partial charge in [-0.3, -0.25) is 4.79 Å². The van der Waals surface area contributed by atoms with Gasteiger partial charge in [-0.2, -0.15) is 0 Å². The van der Waals surface area contributed by atoms with Gasteiger partial charge in [0, 0.05) is 0 Å². The Balaban J connectivity index is 2.12. The number of aryl methyl sites for hydroxylation is 1. The van der Waals surface area contributed by atoms with Gasteiger partial charge in [-0.05, 0) is 60.3 Å². The van der Waals surface area contributed by atoms with Crippen LogP contribution in [0, 0.1) is 6.92 Å². The third-order valence-corrected chi connectivity index (χ3v) is 4.46. The molecule has 0 aliphatic carbocycles. The number of aromatic nitrogens is 1. The first-order valence-corrected chi connectivity index (χ1v) is 7.55. The predicted octanol–water partition coefficient (Wildman–Crippen LogP) is 3.01. The number of rotatable bonds is 4. The summed E-state index contributed by atoms with van der Waals surface area (Å²) in [6.07, 6.45) is 5.53. The lowest BCUT2D eigenvalue weighted by Crippen LogP contribution is -2.50. The van der Waals surface area contributed by atoms with Crippen molar-refractivity contribution < 1.29 is 4.79 Å². The summed E-state index contributed by atoms with van der Waals surface area (Å²) in [5.74, 6) is 0.0652. The van der Waals surface area contributed by atoms with E-state index in [1.54, 1.807) is 6.20 Å². The van der Waals surface area contributed by atoms with E-state index in [1.165, 1.54) is 0 Å². The fourth-order valence-corrected chi connectivity index (χ4v) is 2.85. The number of nitrogens with one attached hydrogen (secondary N) is 2. The van der Waals surface area contributed by atoms with Crippen molar-refractivity contribution in [2.45, 2.75) is 45.1 Å². The van der Waals surface area contributed by atoms with E-state index < -0.39 is 5.54 Å². The van der Waals surface area contributed by atoms with Crippen molar-refractivity contribution in [2.75, 3.05) is 11.9 Å². The van der Waals surface area contributed by atoms with E-state index in [-0.39, 0.29) is 5.91 Å². The van der Waals surface area contributed by atoms with Crippen LogP contribution in [0.15, 0.2) is 16.9 Å². The molecule has 104 valence electrons. The Hall–Kier alpha value is -0.940. The second kappa shape index (κ2) is 6.01. The summed E-state index contributed by atoms with van der Waals surface area (Å²) in [4.78, 5) is 16.7. The molecule has 2 heterocycles. The second-order valence-corrected chi connectivity index (χ2v) is 5.90. The molecule has 1 saturated heterocycles. The van der Waals surface area contributed by atoms with Crippen molar-refractivity contribution in [3.8, 4) is 0 Å². The van der Waals surface area contributed by atoms with Crippen molar-refractivity contribution in [1.82, 2.24) is 10.3 Å². The second-order valence-electron chi connectivity index (χ2n) is 5.15. The third kappa shape index (κ3) is 3.15. The maximum Gasteiger partial charge on any atom is 0.244 e. The van der Waals surface area contributed by atoms with E-state index in [1.807, 2.05) is 13.0 Å². The van der Waals surface area contributed by atoms with Gasteiger partial charge < -0.3 is 10.6 Å². The average Bonchev–Trinajstić information content (AvgIpc) is 2.84. The number of halogens is 1. The summed E-state index contributed by atoms with van der Waals surface area (Å²) < 4.78 is 0.813. The van der Waals surface area contributed by atoms with Gasteiger partial charge >= 0.3 is 0 Å². The highest BCUT2D eigenvalue weighted by molar-refractivity contribution is 9.10. The molecule has 1 aliphatic heterocycles. The Morgan fingerprint density at radius 3 is 3.00 bits per heavy atom. The molecule has 0 saturated carbocycles. The first kappa shape index (κ1) is 14.5. The molecule has 0 bridgehead atoms. The Kier molecular flexibility index (Phi) is 4.58. The Morgan fingerprint density at radius 1 is 1.63 bits per heavy atom. The number of hydrogen-bond donors (Lipinski definition) is 2. The molecule has 2 N–H and O–H groups in total.